The standard InChI is InChI=1S/C24H22F3N5O3/c1-35-17-6-4-5-16(15-17)28-22(33)20-9-10-21(30-29-20)31-11-13-32(14-12-31)23(34)18-7-2-3-8-19(18)24(25,26)27/h2-10,15H,11-14H2,1H3,(H,28,33). The number of carbonyl (C=O) groups is 2. The topological polar surface area (TPSA) is 87.7 Å². The van der Waals surface area contributed by atoms with Crippen LogP contribution in [-0.4, -0.2) is 60.2 Å². The number of hydrogen-bond donors (Lipinski definition) is 1. The summed E-state index contributed by atoms with van der Waals surface area (Å²) in [5.41, 5.74) is -0.636. The molecule has 0 bridgehead atoms. The summed E-state index contributed by atoms with van der Waals surface area (Å²) in [7, 11) is 1.53. The van der Waals surface area contributed by atoms with E-state index in [9.17, 15) is 22.8 Å². The fourth-order valence-electron chi connectivity index (χ4n) is 3.74. The molecular weight excluding hydrogens is 463 g/mol. The molecule has 0 saturated carbocycles. The van der Waals surface area contributed by atoms with Gasteiger partial charge in [-0.3, -0.25) is 9.59 Å². The molecule has 3 aromatic rings. The largest absolute Gasteiger partial charge is 0.497 e. The van der Waals surface area contributed by atoms with Crippen molar-refractivity contribution >= 4 is 23.3 Å². The Balaban J connectivity index is 1.37. The highest BCUT2D eigenvalue weighted by Gasteiger charge is 2.36. The van der Waals surface area contributed by atoms with E-state index in [4.69, 9.17) is 4.74 Å². The van der Waals surface area contributed by atoms with Crippen LogP contribution in [-0.2, 0) is 6.18 Å². The molecule has 1 N–H and O–H groups in total. The lowest BCUT2D eigenvalue weighted by Crippen LogP contribution is -2.49. The van der Waals surface area contributed by atoms with Crippen LogP contribution in [0, 0.1) is 0 Å². The Morgan fingerprint density at radius 1 is 0.943 bits per heavy atom. The van der Waals surface area contributed by atoms with E-state index in [2.05, 4.69) is 15.5 Å². The predicted octanol–water partition coefficient (Wildman–Crippen LogP) is 3.72. The van der Waals surface area contributed by atoms with Crippen molar-refractivity contribution < 1.29 is 27.5 Å². The van der Waals surface area contributed by atoms with Gasteiger partial charge in [-0.25, -0.2) is 0 Å². The van der Waals surface area contributed by atoms with E-state index in [-0.39, 0.29) is 24.3 Å². The van der Waals surface area contributed by atoms with E-state index < -0.39 is 23.6 Å². The summed E-state index contributed by atoms with van der Waals surface area (Å²) < 4.78 is 45.0. The highest BCUT2D eigenvalue weighted by atomic mass is 19.4. The number of piperazine rings is 1. The summed E-state index contributed by atoms with van der Waals surface area (Å²) in [6.07, 6.45) is -4.61. The fraction of sp³-hybridized carbons (Fsp3) is 0.250. The second-order valence-corrected chi connectivity index (χ2v) is 7.79. The van der Waals surface area contributed by atoms with Gasteiger partial charge in [0.1, 0.15) is 5.75 Å². The van der Waals surface area contributed by atoms with E-state index in [0.717, 1.165) is 6.07 Å². The number of halogens is 3. The third kappa shape index (κ3) is 5.51. The smallest absolute Gasteiger partial charge is 0.417 e. The molecule has 11 heteroatoms. The Morgan fingerprint density at radius 2 is 1.69 bits per heavy atom. The average molecular weight is 485 g/mol. The first-order valence-electron chi connectivity index (χ1n) is 10.8. The molecular formula is C24H22F3N5O3. The van der Waals surface area contributed by atoms with Crippen molar-refractivity contribution in [2.24, 2.45) is 0 Å². The summed E-state index contributed by atoms with van der Waals surface area (Å²) in [6, 6.07) is 14.9. The van der Waals surface area contributed by atoms with Crippen molar-refractivity contribution in [2.75, 3.05) is 43.5 Å². The number of nitrogens with one attached hydrogen (secondary N) is 1. The van der Waals surface area contributed by atoms with Gasteiger partial charge in [0.25, 0.3) is 11.8 Å². The van der Waals surface area contributed by atoms with E-state index in [0.29, 0.717) is 30.3 Å². The van der Waals surface area contributed by atoms with Crippen LogP contribution in [0.5, 0.6) is 5.75 Å². The average Bonchev–Trinajstić information content (AvgIpc) is 2.88. The number of hydrogen-bond acceptors (Lipinski definition) is 6. The van der Waals surface area contributed by atoms with Gasteiger partial charge in [-0.15, -0.1) is 10.2 Å². The van der Waals surface area contributed by atoms with Crippen LogP contribution < -0.4 is 15.0 Å². The molecule has 1 aromatic heterocycles. The van der Waals surface area contributed by atoms with Gasteiger partial charge in [0, 0.05) is 37.9 Å². The van der Waals surface area contributed by atoms with Crippen molar-refractivity contribution in [3.63, 3.8) is 0 Å². The van der Waals surface area contributed by atoms with Gasteiger partial charge in [0.05, 0.1) is 18.2 Å². The van der Waals surface area contributed by atoms with Crippen LogP contribution in [0.4, 0.5) is 24.7 Å². The number of amides is 2. The number of methoxy groups -OCH3 is 1. The summed E-state index contributed by atoms with van der Waals surface area (Å²) in [6.45, 7) is 1.18. The van der Waals surface area contributed by atoms with Crippen LogP contribution in [0.15, 0.2) is 60.7 Å². The maximum Gasteiger partial charge on any atom is 0.417 e. The maximum atomic E-state index is 13.3. The van der Waals surface area contributed by atoms with Gasteiger partial charge in [-0.05, 0) is 36.4 Å². The molecule has 4 rings (SSSR count). The minimum atomic E-state index is -4.61. The lowest BCUT2D eigenvalue weighted by atomic mass is 10.1. The number of aromatic nitrogens is 2. The number of nitrogens with zero attached hydrogens (tertiary/aromatic N) is 4. The van der Waals surface area contributed by atoms with Crippen LogP contribution in [0.3, 0.4) is 0 Å². The van der Waals surface area contributed by atoms with Crippen molar-refractivity contribution in [2.45, 2.75) is 6.18 Å². The molecule has 8 nitrogen and oxygen atoms in total. The van der Waals surface area contributed by atoms with Gasteiger partial charge in [-0.2, -0.15) is 13.2 Å². The van der Waals surface area contributed by atoms with Gasteiger partial charge >= 0.3 is 6.18 Å². The summed E-state index contributed by atoms with van der Waals surface area (Å²) in [5.74, 6) is 0.0127. The Labute approximate surface area is 199 Å². The molecule has 1 saturated heterocycles. The lowest BCUT2D eigenvalue weighted by Gasteiger charge is -2.35. The number of alkyl halides is 3. The second kappa shape index (κ2) is 10.00. The molecule has 0 radical (unpaired) electrons. The molecule has 2 heterocycles. The van der Waals surface area contributed by atoms with Gasteiger partial charge in [0.2, 0.25) is 0 Å². The summed E-state index contributed by atoms with van der Waals surface area (Å²) >= 11 is 0. The quantitative estimate of drug-likeness (QED) is 0.593. The van der Waals surface area contributed by atoms with Gasteiger partial charge in [-0.1, -0.05) is 18.2 Å². The molecule has 0 atom stereocenters. The molecule has 0 unspecified atom stereocenters. The Kier molecular flexibility index (Phi) is 6.85. The number of carbonyl (C=O) groups excluding carboxylic acids is 2. The van der Waals surface area contributed by atoms with E-state index in [1.165, 1.54) is 36.3 Å². The van der Waals surface area contributed by atoms with Crippen LogP contribution >= 0.6 is 0 Å². The van der Waals surface area contributed by atoms with Crippen molar-refractivity contribution in [3.8, 4) is 5.75 Å². The minimum Gasteiger partial charge on any atom is -0.497 e. The lowest BCUT2D eigenvalue weighted by molar-refractivity contribution is -0.138. The van der Waals surface area contributed by atoms with Gasteiger partial charge in [0.15, 0.2) is 11.5 Å². The number of anilines is 2. The molecule has 1 aliphatic rings. The maximum absolute atomic E-state index is 13.3. The monoisotopic (exact) mass is 485 g/mol. The van der Waals surface area contributed by atoms with Crippen molar-refractivity contribution in [1.82, 2.24) is 15.1 Å². The Hall–Kier alpha value is -4.15. The van der Waals surface area contributed by atoms with Crippen LogP contribution in [0.2, 0.25) is 0 Å². The molecule has 0 aliphatic carbocycles. The second-order valence-electron chi connectivity index (χ2n) is 7.79. The molecule has 1 aliphatic heterocycles. The zero-order valence-corrected chi connectivity index (χ0v) is 18.7. The Bertz CT molecular complexity index is 1210. The van der Waals surface area contributed by atoms with E-state index >= 15 is 0 Å². The zero-order valence-electron chi connectivity index (χ0n) is 18.7. The molecule has 35 heavy (non-hydrogen) atoms. The van der Waals surface area contributed by atoms with Crippen molar-refractivity contribution in [3.05, 3.63) is 77.5 Å². The fourth-order valence-corrected chi connectivity index (χ4v) is 3.74. The molecule has 2 amide bonds. The zero-order chi connectivity index (χ0) is 25.0. The number of benzene rings is 2. The normalized spacial score (nSPS) is 13.9. The van der Waals surface area contributed by atoms with Crippen LogP contribution in [0.1, 0.15) is 26.4 Å². The molecule has 1 fully saturated rings. The minimum absolute atomic E-state index is 0.120. The highest BCUT2D eigenvalue weighted by molar-refractivity contribution is 6.02. The summed E-state index contributed by atoms with van der Waals surface area (Å²) in [4.78, 5) is 28.5. The third-order valence-corrected chi connectivity index (χ3v) is 5.56. The molecule has 2 aromatic carbocycles. The first-order valence-corrected chi connectivity index (χ1v) is 10.8. The molecule has 182 valence electrons. The Morgan fingerprint density at radius 3 is 2.34 bits per heavy atom. The predicted molar refractivity (Wildman–Crippen MR) is 123 cm³/mol. The number of rotatable bonds is 5. The van der Waals surface area contributed by atoms with Crippen molar-refractivity contribution in [1.29, 1.82) is 0 Å². The SMILES string of the molecule is COc1cccc(NC(=O)c2ccc(N3CCN(C(=O)c4ccccc4C(F)(F)F)CC3)nn2)c1. The van der Waals surface area contributed by atoms with E-state index in [1.807, 2.05) is 4.90 Å². The highest BCUT2D eigenvalue weighted by Crippen LogP contribution is 2.32. The first kappa shape index (κ1) is 24.0. The summed E-state index contributed by atoms with van der Waals surface area (Å²) in [5, 5.41) is 10.8. The first-order chi connectivity index (χ1) is 16.8. The number of ether oxygens (including phenoxy) is 1. The van der Waals surface area contributed by atoms with E-state index in [1.54, 1.807) is 30.3 Å². The third-order valence-electron chi connectivity index (χ3n) is 5.56. The van der Waals surface area contributed by atoms with Gasteiger partial charge < -0.3 is 19.9 Å². The molecule has 0 spiro atoms. The van der Waals surface area contributed by atoms with Crippen LogP contribution in [0.25, 0.3) is 0 Å².